The van der Waals surface area contributed by atoms with Gasteiger partial charge in [-0.25, -0.2) is 4.98 Å². The average Bonchev–Trinajstić information content (AvgIpc) is 3.20. The number of hydrogen-bond acceptors (Lipinski definition) is 6. The van der Waals surface area contributed by atoms with Crippen molar-refractivity contribution in [3.05, 3.63) is 76.6 Å². The van der Waals surface area contributed by atoms with Crippen LogP contribution in [-0.4, -0.2) is 32.2 Å². The van der Waals surface area contributed by atoms with Gasteiger partial charge in [-0.1, -0.05) is 23.7 Å². The Labute approximate surface area is 189 Å². The smallest absolute Gasteiger partial charge is 0.255 e. The first kappa shape index (κ1) is 21.5. The number of amides is 1. The van der Waals surface area contributed by atoms with Gasteiger partial charge in [-0.15, -0.1) is 0 Å². The zero-order valence-electron chi connectivity index (χ0n) is 17.8. The monoisotopic (exact) mass is 452 g/mol. The molecule has 164 valence electrons. The Morgan fingerprint density at radius 3 is 2.28 bits per heavy atom. The summed E-state index contributed by atoms with van der Waals surface area (Å²) in [6.07, 6.45) is 0.541. The van der Waals surface area contributed by atoms with Crippen LogP contribution in [0.1, 0.15) is 21.8 Å². The molecule has 0 saturated carbocycles. The fourth-order valence-electron chi connectivity index (χ4n) is 3.32. The summed E-state index contributed by atoms with van der Waals surface area (Å²) < 4.78 is 21.8. The van der Waals surface area contributed by atoms with Gasteiger partial charge in [-0.3, -0.25) is 4.79 Å². The van der Waals surface area contributed by atoms with E-state index in [1.165, 1.54) is 21.3 Å². The second-order valence-corrected chi connectivity index (χ2v) is 7.40. The molecule has 0 radical (unpaired) electrons. The third-order valence-electron chi connectivity index (χ3n) is 4.89. The molecule has 0 aliphatic rings. The molecule has 0 saturated heterocycles. The molecule has 1 N–H and O–H groups in total. The lowest BCUT2D eigenvalue weighted by atomic mass is 10.1. The highest BCUT2D eigenvalue weighted by Crippen LogP contribution is 2.38. The first-order valence-electron chi connectivity index (χ1n) is 9.76. The molecule has 1 aromatic heterocycles. The standard InChI is InChI=1S/C24H21ClN2O5/c1-29-20-11-15(12-21(30-2)23(20)31-3)24(28)26-17-8-9-19-18(13-17)27-22(32-19)10-14-4-6-16(25)7-5-14/h4-9,11-13H,10H2,1-3H3,(H,26,28). The van der Waals surface area contributed by atoms with Crippen LogP contribution in [0.25, 0.3) is 11.1 Å². The summed E-state index contributed by atoms with van der Waals surface area (Å²) in [5, 5.41) is 3.55. The number of carbonyl (C=O) groups is 1. The van der Waals surface area contributed by atoms with Gasteiger partial charge >= 0.3 is 0 Å². The molecular weight excluding hydrogens is 432 g/mol. The van der Waals surface area contributed by atoms with Gasteiger partial charge in [-0.05, 0) is 48.0 Å². The first-order valence-corrected chi connectivity index (χ1v) is 10.1. The summed E-state index contributed by atoms with van der Waals surface area (Å²) in [4.78, 5) is 17.4. The van der Waals surface area contributed by atoms with Crippen LogP contribution in [0.4, 0.5) is 5.69 Å². The summed E-state index contributed by atoms with van der Waals surface area (Å²) in [5.74, 6) is 1.47. The lowest BCUT2D eigenvalue weighted by Gasteiger charge is -2.14. The molecule has 0 bridgehead atoms. The lowest BCUT2D eigenvalue weighted by molar-refractivity contribution is 0.102. The molecule has 3 aromatic carbocycles. The Hall–Kier alpha value is -3.71. The second kappa shape index (κ2) is 9.20. The van der Waals surface area contributed by atoms with Crippen molar-refractivity contribution in [3.8, 4) is 17.2 Å². The molecule has 0 aliphatic heterocycles. The zero-order valence-corrected chi connectivity index (χ0v) is 18.5. The third kappa shape index (κ3) is 4.48. The number of hydrogen-bond donors (Lipinski definition) is 1. The molecular formula is C24H21ClN2O5. The van der Waals surface area contributed by atoms with Crippen molar-refractivity contribution in [2.75, 3.05) is 26.6 Å². The number of benzene rings is 3. The van der Waals surface area contributed by atoms with E-state index in [4.69, 9.17) is 30.2 Å². The van der Waals surface area contributed by atoms with Crippen molar-refractivity contribution in [1.29, 1.82) is 0 Å². The van der Waals surface area contributed by atoms with Crippen molar-refractivity contribution < 1.29 is 23.4 Å². The number of rotatable bonds is 7. The molecule has 1 heterocycles. The maximum absolute atomic E-state index is 12.8. The predicted octanol–water partition coefficient (Wildman–Crippen LogP) is 5.35. The van der Waals surface area contributed by atoms with Gasteiger partial charge in [0, 0.05) is 22.7 Å². The number of nitrogens with one attached hydrogen (secondary N) is 1. The fraction of sp³-hybridized carbons (Fsp3) is 0.167. The summed E-state index contributed by atoms with van der Waals surface area (Å²) in [6, 6.07) is 16.0. The highest BCUT2D eigenvalue weighted by atomic mass is 35.5. The van der Waals surface area contributed by atoms with Gasteiger partial charge in [0.15, 0.2) is 23.0 Å². The zero-order chi connectivity index (χ0) is 22.7. The molecule has 4 rings (SSSR count). The molecule has 0 unspecified atom stereocenters. The van der Waals surface area contributed by atoms with E-state index in [1.54, 1.807) is 30.3 Å². The summed E-state index contributed by atoms with van der Waals surface area (Å²) >= 11 is 5.94. The molecule has 0 aliphatic carbocycles. The normalized spacial score (nSPS) is 10.8. The minimum atomic E-state index is -0.325. The van der Waals surface area contributed by atoms with Gasteiger partial charge in [0.25, 0.3) is 5.91 Å². The van der Waals surface area contributed by atoms with E-state index in [-0.39, 0.29) is 5.91 Å². The maximum atomic E-state index is 12.8. The number of halogens is 1. The average molecular weight is 453 g/mol. The molecule has 0 fully saturated rings. The van der Waals surface area contributed by atoms with E-state index in [0.717, 1.165) is 5.56 Å². The topological polar surface area (TPSA) is 82.8 Å². The van der Waals surface area contributed by atoms with E-state index in [2.05, 4.69) is 10.3 Å². The molecule has 1 amide bonds. The second-order valence-electron chi connectivity index (χ2n) is 6.96. The number of carbonyl (C=O) groups excluding carboxylic acids is 1. The van der Waals surface area contributed by atoms with Gasteiger partial charge in [-0.2, -0.15) is 0 Å². The van der Waals surface area contributed by atoms with E-state index < -0.39 is 0 Å². The van der Waals surface area contributed by atoms with Crippen LogP contribution in [-0.2, 0) is 6.42 Å². The van der Waals surface area contributed by atoms with Crippen molar-refractivity contribution in [2.24, 2.45) is 0 Å². The first-order chi connectivity index (χ1) is 15.5. The molecule has 0 atom stereocenters. The lowest BCUT2D eigenvalue weighted by Crippen LogP contribution is -2.12. The molecule has 32 heavy (non-hydrogen) atoms. The van der Waals surface area contributed by atoms with Crippen molar-refractivity contribution in [1.82, 2.24) is 4.98 Å². The number of oxazole rings is 1. The van der Waals surface area contributed by atoms with Crippen LogP contribution in [0.2, 0.25) is 5.02 Å². The van der Waals surface area contributed by atoms with Crippen molar-refractivity contribution in [2.45, 2.75) is 6.42 Å². The van der Waals surface area contributed by atoms with Crippen LogP contribution in [0.3, 0.4) is 0 Å². The third-order valence-corrected chi connectivity index (χ3v) is 5.14. The van der Waals surface area contributed by atoms with Crippen molar-refractivity contribution in [3.63, 3.8) is 0 Å². The minimum Gasteiger partial charge on any atom is -0.493 e. The highest BCUT2D eigenvalue weighted by Gasteiger charge is 2.17. The van der Waals surface area contributed by atoms with Crippen LogP contribution >= 0.6 is 11.6 Å². The Balaban J connectivity index is 1.55. The Morgan fingerprint density at radius 2 is 1.66 bits per heavy atom. The molecule has 7 nitrogen and oxygen atoms in total. The van der Waals surface area contributed by atoms with Crippen LogP contribution in [0.15, 0.2) is 59.0 Å². The van der Waals surface area contributed by atoms with Gasteiger partial charge in [0.05, 0.1) is 21.3 Å². The Morgan fingerprint density at radius 1 is 0.969 bits per heavy atom. The van der Waals surface area contributed by atoms with E-state index in [9.17, 15) is 4.79 Å². The number of ether oxygens (including phenoxy) is 3. The van der Waals surface area contributed by atoms with Gasteiger partial charge < -0.3 is 23.9 Å². The highest BCUT2D eigenvalue weighted by molar-refractivity contribution is 6.30. The number of nitrogens with zero attached hydrogens (tertiary/aromatic N) is 1. The van der Waals surface area contributed by atoms with Gasteiger partial charge in [0.2, 0.25) is 5.75 Å². The Kier molecular flexibility index (Phi) is 6.18. The fourth-order valence-corrected chi connectivity index (χ4v) is 3.45. The van der Waals surface area contributed by atoms with E-state index in [0.29, 0.717) is 56.9 Å². The minimum absolute atomic E-state index is 0.325. The molecule has 0 spiro atoms. The summed E-state index contributed by atoms with van der Waals surface area (Å²) in [6.45, 7) is 0. The van der Waals surface area contributed by atoms with Crippen LogP contribution in [0.5, 0.6) is 17.2 Å². The number of anilines is 1. The molecule has 4 aromatic rings. The van der Waals surface area contributed by atoms with Crippen molar-refractivity contribution >= 4 is 34.3 Å². The predicted molar refractivity (Wildman–Crippen MR) is 122 cm³/mol. The maximum Gasteiger partial charge on any atom is 0.255 e. The van der Waals surface area contributed by atoms with Gasteiger partial charge in [0.1, 0.15) is 5.52 Å². The van der Waals surface area contributed by atoms with Crippen LogP contribution < -0.4 is 19.5 Å². The summed E-state index contributed by atoms with van der Waals surface area (Å²) in [5.41, 5.74) is 3.28. The Bertz CT molecular complexity index is 1240. The quantitative estimate of drug-likeness (QED) is 0.407. The van der Waals surface area contributed by atoms with Crippen LogP contribution in [0, 0.1) is 0 Å². The largest absolute Gasteiger partial charge is 0.493 e. The number of aromatic nitrogens is 1. The SMILES string of the molecule is COc1cc(C(=O)Nc2ccc3oc(Cc4ccc(Cl)cc4)nc3c2)cc(OC)c1OC. The molecule has 8 heteroatoms. The number of fused-ring (bicyclic) bond motifs is 1. The summed E-state index contributed by atoms with van der Waals surface area (Å²) in [7, 11) is 4.51. The van der Waals surface area contributed by atoms with E-state index in [1.807, 2.05) is 24.3 Å². The number of methoxy groups -OCH3 is 3. The van der Waals surface area contributed by atoms with E-state index >= 15 is 0 Å².